The van der Waals surface area contributed by atoms with Gasteiger partial charge in [0, 0.05) is 25.6 Å². The fourth-order valence-corrected chi connectivity index (χ4v) is 3.60. The predicted molar refractivity (Wildman–Crippen MR) is 73.3 cm³/mol. The number of hydrogen-bond acceptors (Lipinski definition) is 2. The normalized spacial score (nSPS) is 31.8. The molecular formula is C16H23NO. The maximum Gasteiger partial charge on any atom is 0.0583 e. The molecule has 1 aliphatic heterocycles. The van der Waals surface area contributed by atoms with Crippen molar-refractivity contribution in [3.63, 3.8) is 0 Å². The van der Waals surface area contributed by atoms with E-state index in [1.54, 1.807) is 0 Å². The van der Waals surface area contributed by atoms with Crippen molar-refractivity contribution < 1.29 is 5.11 Å². The second kappa shape index (κ2) is 5.02. The van der Waals surface area contributed by atoms with Gasteiger partial charge in [-0.15, -0.1) is 0 Å². The average molecular weight is 245 g/mol. The molecule has 3 unspecified atom stereocenters. The lowest BCUT2D eigenvalue weighted by molar-refractivity contribution is 0.123. The Hall–Kier alpha value is -0.860. The minimum Gasteiger partial charge on any atom is -0.393 e. The molecule has 3 rings (SSSR count). The molecule has 1 aromatic rings. The summed E-state index contributed by atoms with van der Waals surface area (Å²) >= 11 is 0. The van der Waals surface area contributed by atoms with Crippen LogP contribution in [-0.2, 0) is 13.0 Å². The Morgan fingerprint density at radius 1 is 1.11 bits per heavy atom. The van der Waals surface area contributed by atoms with Crippen molar-refractivity contribution >= 4 is 0 Å². The maximum atomic E-state index is 9.92. The summed E-state index contributed by atoms with van der Waals surface area (Å²) in [6.07, 6.45) is 3.31. The van der Waals surface area contributed by atoms with Crippen molar-refractivity contribution in [1.29, 1.82) is 0 Å². The minimum atomic E-state index is -0.0394. The van der Waals surface area contributed by atoms with E-state index < -0.39 is 0 Å². The number of fused-ring (bicyclic) bond motifs is 1. The van der Waals surface area contributed by atoms with Gasteiger partial charge in [0.1, 0.15) is 0 Å². The number of hydrogen-bond donors (Lipinski definition) is 1. The number of aliphatic hydroxyl groups is 1. The Morgan fingerprint density at radius 2 is 1.83 bits per heavy atom. The number of rotatable bonds is 3. The first-order chi connectivity index (χ1) is 8.76. The molecule has 1 aromatic carbocycles. The third kappa shape index (κ3) is 2.32. The smallest absolute Gasteiger partial charge is 0.0583 e. The van der Waals surface area contributed by atoms with E-state index in [4.69, 9.17) is 0 Å². The molecule has 2 fully saturated rings. The van der Waals surface area contributed by atoms with Gasteiger partial charge in [0.25, 0.3) is 0 Å². The number of likely N-dealkylation sites (tertiary alicyclic amines) is 1. The van der Waals surface area contributed by atoms with Crippen LogP contribution in [-0.4, -0.2) is 29.2 Å². The average Bonchev–Trinajstić information content (AvgIpc) is 2.93. The largest absolute Gasteiger partial charge is 0.393 e. The number of aryl methyl sites for hydroxylation is 1. The first-order valence-corrected chi connectivity index (χ1v) is 7.24. The molecule has 0 aromatic heterocycles. The summed E-state index contributed by atoms with van der Waals surface area (Å²) in [6, 6.07) is 8.98. The van der Waals surface area contributed by atoms with Gasteiger partial charge < -0.3 is 5.11 Å². The summed E-state index contributed by atoms with van der Waals surface area (Å²) in [6.45, 7) is 5.50. The lowest BCUT2D eigenvalue weighted by atomic mass is 10.00. The van der Waals surface area contributed by atoms with E-state index >= 15 is 0 Å². The van der Waals surface area contributed by atoms with Gasteiger partial charge >= 0.3 is 0 Å². The lowest BCUT2D eigenvalue weighted by Gasteiger charge is -2.18. The fourth-order valence-electron chi connectivity index (χ4n) is 3.60. The van der Waals surface area contributed by atoms with E-state index in [-0.39, 0.29) is 6.10 Å². The van der Waals surface area contributed by atoms with Crippen molar-refractivity contribution in [1.82, 2.24) is 4.90 Å². The molecule has 18 heavy (non-hydrogen) atoms. The molecule has 1 saturated heterocycles. The van der Waals surface area contributed by atoms with Crippen LogP contribution >= 0.6 is 0 Å². The first kappa shape index (κ1) is 12.2. The van der Waals surface area contributed by atoms with E-state index in [1.165, 1.54) is 24.1 Å². The third-order valence-electron chi connectivity index (χ3n) is 4.73. The summed E-state index contributed by atoms with van der Waals surface area (Å²) in [5.41, 5.74) is 2.81. The highest BCUT2D eigenvalue weighted by Gasteiger charge is 2.41. The number of benzene rings is 1. The molecule has 1 aliphatic carbocycles. The Morgan fingerprint density at radius 3 is 2.50 bits per heavy atom. The highest BCUT2D eigenvalue weighted by molar-refractivity contribution is 5.22. The predicted octanol–water partition coefficient (Wildman–Crippen LogP) is 2.45. The van der Waals surface area contributed by atoms with Crippen LogP contribution in [0.4, 0.5) is 0 Å². The maximum absolute atomic E-state index is 9.92. The molecule has 0 radical (unpaired) electrons. The topological polar surface area (TPSA) is 23.5 Å². The molecule has 0 spiro atoms. The van der Waals surface area contributed by atoms with Crippen molar-refractivity contribution in [2.75, 3.05) is 13.1 Å². The summed E-state index contributed by atoms with van der Waals surface area (Å²) < 4.78 is 0. The molecule has 2 aliphatic rings. The summed E-state index contributed by atoms with van der Waals surface area (Å²) in [7, 11) is 0. The van der Waals surface area contributed by atoms with E-state index in [2.05, 4.69) is 36.1 Å². The molecule has 1 heterocycles. The van der Waals surface area contributed by atoms with Crippen LogP contribution in [0.2, 0.25) is 0 Å². The molecule has 0 bridgehead atoms. The van der Waals surface area contributed by atoms with Crippen molar-refractivity contribution in [3.05, 3.63) is 35.4 Å². The van der Waals surface area contributed by atoms with Gasteiger partial charge in [0.2, 0.25) is 0 Å². The molecule has 2 nitrogen and oxygen atoms in total. The lowest BCUT2D eigenvalue weighted by Crippen LogP contribution is -2.24. The quantitative estimate of drug-likeness (QED) is 0.884. The first-order valence-electron chi connectivity index (χ1n) is 7.24. The van der Waals surface area contributed by atoms with Gasteiger partial charge in [0.15, 0.2) is 0 Å². The van der Waals surface area contributed by atoms with E-state index in [0.29, 0.717) is 5.92 Å². The van der Waals surface area contributed by atoms with Gasteiger partial charge in [0.05, 0.1) is 6.10 Å². The highest BCUT2D eigenvalue weighted by atomic mass is 16.3. The van der Waals surface area contributed by atoms with Crippen LogP contribution in [0.25, 0.3) is 0 Å². The SMILES string of the molecule is CCc1ccc(CN2CC3CCC(O)C3C2)cc1. The van der Waals surface area contributed by atoms with Crippen LogP contribution in [0.15, 0.2) is 24.3 Å². The zero-order valence-electron chi connectivity index (χ0n) is 11.2. The highest BCUT2D eigenvalue weighted by Crippen LogP contribution is 2.38. The van der Waals surface area contributed by atoms with Crippen LogP contribution in [0.3, 0.4) is 0 Å². The summed E-state index contributed by atoms with van der Waals surface area (Å²) in [4.78, 5) is 2.51. The molecule has 0 amide bonds. The Bertz CT molecular complexity index is 400. The second-order valence-electron chi connectivity index (χ2n) is 5.93. The second-order valence-corrected chi connectivity index (χ2v) is 5.93. The third-order valence-corrected chi connectivity index (χ3v) is 4.73. The van der Waals surface area contributed by atoms with E-state index in [1.807, 2.05) is 0 Å². The van der Waals surface area contributed by atoms with Crippen LogP contribution in [0.1, 0.15) is 30.9 Å². The van der Waals surface area contributed by atoms with Crippen molar-refractivity contribution in [2.24, 2.45) is 11.8 Å². The summed E-state index contributed by atoms with van der Waals surface area (Å²) in [5, 5.41) is 9.92. The zero-order chi connectivity index (χ0) is 12.5. The molecule has 3 atom stereocenters. The van der Waals surface area contributed by atoms with Gasteiger partial charge in [-0.3, -0.25) is 4.90 Å². The van der Waals surface area contributed by atoms with Crippen LogP contribution in [0.5, 0.6) is 0 Å². The zero-order valence-corrected chi connectivity index (χ0v) is 11.2. The fraction of sp³-hybridized carbons (Fsp3) is 0.625. The van der Waals surface area contributed by atoms with Gasteiger partial charge in [-0.25, -0.2) is 0 Å². The van der Waals surface area contributed by atoms with Crippen LogP contribution in [0, 0.1) is 11.8 Å². The van der Waals surface area contributed by atoms with Crippen molar-refractivity contribution in [2.45, 2.75) is 38.8 Å². The molecule has 98 valence electrons. The molecular weight excluding hydrogens is 222 g/mol. The minimum absolute atomic E-state index is 0.0394. The van der Waals surface area contributed by atoms with Gasteiger partial charge in [-0.1, -0.05) is 31.2 Å². The Kier molecular flexibility index (Phi) is 3.40. The molecule has 1 N–H and O–H groups in total. The Labute approximate surface area is 110 Å². The van der Waals surface area contributed by atoms with E-state index in [0.717, 1.165) is 31.8 Å². The van der Waals surface area contributed by atoms with E-state index in [9.17, 15) is 5.11 Å². The number of nitrogens with zero attached hydrogens (tertiary/aromatic N) is 1. The summed E-state index contributed by atoms with van der Waals surface area (Å²) in [5.74, 6) is 1.29. The number of aliphatic hydroxyl groups excluding tert-OH is 1. The van der Waals surface area contributed by atoms with Gasteiger partial charge in [-0.05, 0) is 36.3 Å². The Balaban J connectivity index is 1.60. The van der Waals surface area contributed by atoms with Crippen molar-refractivity contribution in [3.8, 4) is 0 Å². The van der Waals surface area contributed by atoms with Crippen LogP contribution < -0.4 is 0 Å². The monoisotopic (exact) mass is 245 g/mol. The molecule has 2 heteroatoms. The standard InChI is InChI=1S/C16H23NO/c1-2-12-3-5-13(6-4-12)9-17-10-14-7-8-16(18)15(14)11-17/h3-6,14-16,18H,2,7-11H2,1H3. The molecule has 1 saturated carbocycles. The van der Waals surface area contributed by atoms with Gasteiger partial charge in [-0.2, -0.15) is 0 Å².